The molecule has 0 aliphatic rings. The van der Waals surface area contributed by atoms with Crippen LogP contribution in [0.5, 0.6) is 0 Å². The molecule has 1 heterocycles. The number of hydrogen-bond donors (Lipinski definition) is 3. The molecule has 1 atom stereocenters. The Morgan fingerprint density at radius 2 is 1.88 bits per heavy atom. The van der Waals surface area contributed by atoms with Crippen molar-refractivity contribution in [3.63, 3.8) is 0 Å². The molecule has 0 saturated carbocycles. The lowest BCUT2D eigenvalue weighted by atomic mass is 9.96. The summed E-state index contributed by atoms with van der Waals surface area (Å²) < 4.78 is 13.1. The zero-order valence-electron chi connectivity index (χ0n) is 13.5. The van der Waals surface area contributed by atoms with Gasteiger partial charge in [0.25, 0.3) is 5.91 Å². The molecule has 128 valence electrons. The van der Waals surface area contributed by atoms with E-state index in [2.05, 4.69) is 10.6 Å². The topological polar surface area (TPSA) is 84.2 Å². The molecule has 0 bridgehead atoms. The number of benzene rings is 1. The van der Waals surface area contributed by atoms with E-state index in [4.69, 9.17) is 5.73 Å². The second-order valence-corrected chi connectivity index (χ2v) is 6.65. The van der Waals surface area contributed by atoms with E-state index in [1.165, 1.54) is 23.5 Å². The van der Waals surface area contributed by atoms with Crippen molar-refractivity contribution in [3.05, 3.63) is 52.7 Å². The molecule has 2 rings (SSSR count). The first-order chi connectivity index (χ1) is 11.4. The summed E-state index contributed by atoms with van der Waals surface area (Å²) in [6, 6.07) is 7.69. The van der Waals surface area contributed by atoms with Gasteiger partial charge in [0.05, 0.1) is 12.1 Å². The fourth-order valence-electron chi connectivity index (χ4n) is 2.38. The van der Waals surface area contributed by atoms with Crippen LogP contribution < -0.4 is 16.4 Å². The molecule has 0 radical (unpaired) electrons. The molecule has 0 aliphatic carbocycles. The van der Waals surface area contributed by atoms with Gasteiger partial charge in [-0.05, 0) is 35.1 Å². The van der Waals surface area contributed by atoms with Crippen LogP contribution in [0.15, 0.2) is 35.7 Å². The Morgan fingerprint density at radius 3 is 2.46 bits per heavy atom. The Hall–Kier alpha value is -2.25. The summed E-state index contributed by atoms with van der Waals surface area (Å²) >= 11 is 1.24. The number of primary amides is 1. The Balaban J connectivity index is 1.99. The average molecular weight is 349 g/mol. The van der Waals surface area contributed by atoms with Gasteiger partial charge in [-0.15, -0.1) is 11.3 Å². The van der Waals surface area contributed by atoms with Gasteiger partial charge in [0.15, 0.2) is 0 Å². The summed E-state index contributed by atoms with van der Waals surface area (Å²) in [7, 11) is 0. The van der Waals surface area contributed by atoms with Crippen LogP contribution in [0.2, 0.25) is 0 Å². The summed E-state index contributed by atoms with van der Waals surface area (Å²) in [5.41, 5.74) is 6.46. The van der Waals surface area contributed by atoms with E-state index in [1.54, 1.807) is 23.6 Å². The number of carbonyl (C=O) groups is 2. The molecular formula is C17H20FN3O2S. The van der Waals surface area contributed by atoms with Crippen molar-refractivity contribution < 1.29 is 14.0 Å². The van der Waals surface area contributed by atoms with E-state index in [0.717, 1.165) is 5.56 Å². The lowest BCUT2D eigenvalue weighted by Crippen LogP contribution is -2.33. The van der Waals surface area contributed by atoms with E-state index < -0.39 is 5.91 Å². The molecule has 2 aromatic rings. The highest BCUT2D eigenvalue weighted by Crippen LogP contribution is 2.23. The molecule has 7 heteroatoms. The number of halogens is 1. The molecular weight excluding hydrogens is 329 g/mol. The van der Waals surface area contributed by atoms with Crippen LogP contribution in [0.3, 0.4) is 0 Å². The number of anilines is 1. The number of carbonyl (C=O) groups excluding carboxylic acids is 2. The maximum Gasteiger partial charge on any atom is 0.251 e. The van der Waals surface area contributed by atoms with Crippen molar-refractivity contribution in [2.24, 2.45) is 11.7 Å². The van der Waals surface area contributed by atoms with Gasteiger partial charge in [-0.25, -0.2) is 4.39 Å². The Labute approximate surface area is 144 Å². The molecule has 0 spiro atoms. The maximum atomic E-state index is 13.1. The van der Waals surface area contributed by atoms with E-state index in [-0.39, 0.29) is 30.2 Å². The standard InChI is InChI=1S/C17H20FN3O2S/c1-10(2)15(11-3-5-12(18)6-4-11)20-9-14(22)21-17-13(16(19)23)7-8-24-17/h3-8,10,15,20H,9H2,1-2H3,(H2,19,23)(H,21,22)/t15-/m0/s1. The van der Waals surface area contributed by atoms with Crippen LogP contribution in [0.25, 0.3) is 0 Å². The third-order valence-corrected chi connectivity index (χ3v) is 4.39. The zero-order chi connectivity index (χ0) is 17.7. The van der Waals surface area contributed by atoms with Crippen LogP contribution in [-0.2, 0) is 4.79 Å². The number of nitrogens with one attached hydrogen (secondary N) is 2. The summed E-state index contributed by atoms with van der Waals surface area (Å²) in [6.45, 7) is 4.10. The molecule has 0 aliphatic heterocycles. The van der Waals surface area contributed by atoms with E-state index in [9.17, 15) is 14.0 Å². The molecule has 1 aromatic heterocycles. The monoisotopic (exact) mass is 349 g/mol. The van der Waals surface area contributed by atoms with Crippen molar-refractivity contribution in [2.45, 2.75) is 19.9 Å². The van der Waals surface area contributed by atoms with Crippen molar-refractivity contribution in [2.75, 3.05) is 11.9 Å². The van der Waals surface area contributed by atoms with Gasteiger partial charge < -0.3 is 16.4 Å². The van der Waals surface area contributed by atoms with Gasteiger partial charge in [0, 0.05) is 6.04 Å². The van der Waals surface area contributed by atoms with Crippen molar-refractivity contribution in [1.82, 2.24) is 5.32 Å². The van der Waals surface area contributed by atoms with Crippen LogP contribution in [-0.4, -0.2) is 18.4 Å². The molecule has 1 aromatic carbocycles. The van der Waals surface area contributed by atoms with Gasteiger partial charge in [-0.1, -0.05) is 26.0 Å². The Bertz CT molecular complexity index is 713. The lowest BCUT2D eigenvalue weighted by Gasteiger charge is -2.22. The molecule has 4 N–H and O–H groups in total. The minimum Gasteiger partial charge on any atom is -0.366 e. The predicted molar refractivity (Wildman–Crippen MR) is 93.4 cm³/mol. The molecule has 0 unspecified atom stereocenters. The van der Waals surface area contributed by atoms with E-state index in [1.807, 2.05) is 13.8 Å². The molecule has 24 heavy (non-hydrogen) atoms. The summed E-state index contributed by atoms with van der Waals surface area (Å²) in [4.78, 5) is 23.4. The Kier molecular flexibility index (Phi) is 6.05. The normalized spacial score (nSPS) is 12.2. The summed E-state index contributed by atoms with van der Waals surface area (Å²) in [6.07, 6.45) is 0. The largest absolute Gasteiger partial charge is 0.366 e. The van der Waals surface area contributed by atoms with Crippen LogP contribution in [0.1, 0.15) is 35.8 Å². The van der Waals surface area contributed by atoms with Gasteiger partial charge in [-0.3, -0.25) is 9.59 Å². The quantitative estimate of drug-likeness (QED) is 0.718. The van der Waals surface area contributed by atoms with Crippen LogP contribution >= 0.6 is 11.3 Å². The smallest absolute Gasteiger partial charge is 0.251 e. The van der Waals surface area contributed by atoms with E-state index in [0.29, 0.717) is 10.6 Å². The van der Waals surface area contributed by atoms with Gasteiger partial charge in [0.2, 0.25) is 5.91 Å². The highest BCUT2D eigenvalue weighted by Gasteiger charge is 2.18. The first-order valence-corrected chi connectivity index (χ1v) is 8.42. The van der Waals surface area contributed by atoms with Crippen molar-refractivity contribution in [3.8, 4) is 0 Å². The highest BCUT2D eigenvalue weighted by atomic mass is 32.1. The number of rotatable bonds is 7. The third-order valence-electron chi connectivity index (χ3n) is 3.56. The lowest BCUT2D eigenvalue weighted by molar-refractivity contribution is -0.115. The molecule has 5 nitrogen and oxygen atoms in total. The van der Waals surface area contributed by atoms with Gasteiger partial charge >= 0.3 is 0 Å². The van der Waals surface area contributed by atoms with Crippen LogP contribution in [0, 0.1) is 11.7 Å². The molecule has 2 amide bonds. The average Bonchev–Trinajstić information content (AvgIpc) is 2.97. The SMILES string of the molecule is CC(C)[C@H](NCC(=O)Nc1sccc1C(N)=O)c1ccc(F)cc1. The zero-order valence-corrected chi connectivity index (χ0v) is 14.3. The van der Waals surface area contributed by atoms with Crippen LogP contribution in [0.4, 0.5) is 9.39 Å². The highest BCUT2D eigenvalue weighted by molar-refractivity contribution is 7.14. The number of hydrogen-bond acceptors (Lipinski definition) is 4. The number of thiophene rings is 1. The maximum absolute atomic E-state index is 13.1. The first kappa shape index (κ1) is 18.1. The summed E-state index contributed by atoms with van der Waals surface area (Å²) in [5, 5.41) is 7.99. The third kappa shape index (κ3) is 4.62. The van der Waals surface area contributed by atoms with Crippen molar-refractivity contribution in [1.29, 1.82) is 0 Å². The second-order valence-electron chi connectivity index (χ2n) is 5.73. The number of amides is 2. The minimum absolute atomic E-state index is 0.0658. The molecule has 0 saturated heterocycles. The van der Waals surface area contributed by atoms with E-state index >= 15 is 0 Å². The molecule has 0 fully saturated rings. The first-order valence-electron chi connectivity index (χ1n) is 7.54. The fraction of sp³-hybridized carbons (Fsp3) is 0.294. The summed E-state index contributed by atoms with van der Waals surface area (Å²) in [5.74, 6) is -0.930. The minimum atomic E-state index is -0.578. The predicted octanol–water partition coefficient (Wildman–Crippen LogP) is 2.91. The second kappa shape index (κ2) is 8.03. The number of nitrogens with two attached hydrogens (primary N) is 1. The fourth-order valence-corrected chi connectivity index (χ4v) is 3.19. The van der Waals surface area contributed by atoms with Gasteiger partial charge in [0.1, 0.15) is 10.8 Å². The van der Waals surface area contributed by atoms with Gasteiger partial charge in [-0.2, -0.15) is 0 Å². The van der Waals surface area contributed by atoms with Crippen molar-refractivity contribution >= 4 is 28.2 Å². The Morgan fingerprint density at radius 1 is 1.21 bits per heavy atom.